The SMILES string of the molecule is CC(=O)NCC=Cc1cccc(N2CCCC2)c1. The van der Waals surface area contributed by atoms with Crippen molar-refractivity contribution in [2.45, 2.75) is 19.8 Å². The lowest BCUT2D eigenvalue weighted by Crippen LogP contribution is -2.19. The Labute approximate surface area is 108 Å². The van der Waals surface area contributed by atoms with Crippen molar-refractivity contribution < 1.29 is 4.79 Å². The summed E-state index contributed by atoms with van der Waals surface area (Å²) in [5.74, 6) is 0.00506. The minimum absolute atomic E-state index is 0.00506. The summed E-state index contributed by atoms with van der Waals surface area (Å²) in [6.07, 6.45) is 6.62. The van der Waals surface area contributed by atoms with Crippen molar-refractivity contribution >= 4 is 17.7 Å². The minimum atomic E-state index is 0.00506. The number of nitrogens with zero attached hydrogens (tertiary/aromatic N) is 1. The predicted molar refractivity (Wildman–Crippen MR) is 75.6 cm³/mol. The lowest BCUT2D eigenvalue weighted by molar-refractivity contribution is -0.118. The quantitative estimate of drug-likeness (QED) is 0.882. The highest BCUT2D eigenvalue weighted by atomic mass is 16.1. The molecule has 1 aliphatic heterocycles. The van der Waals surface area contributed by atoms with Crippen molar-refractivity contribution in [2.75, 3.05) is 24.5 Å². The number of anilines is 1. The van der Waals surface area contributed by atoms with Gasteiger partial charge in [0.1, 0.15) is 0 Å². The summed E-state index contributed by atoms with van der Waals surface area (Å²) >= 11 is 0. The summed E-state index contributed by atoms with van der Waals surface area (Å²) in [7, 11) is 0. The van der Waals surface area contributed by atoms with Crippen LogP contribution in [-0.4, -0.2) is 25.5 Å². The first-order chi connectivity index (χ1) is 8.75. The molecule has 3 heteroatoms. The van der Waals surface area contributed by atoms with Gasteiger partial charge < -0.3 is 10.2 Å². The summed E-state index contributed by atoms with van der Waals surface area (Å²) in [5.41, 5.74) is 2.49. The lowest BCUT2D eigenvalue weighted by Gasteiger charge is -2.17. The van der Waals surface area contributed by atoms with E-state index in [2.05, 4.69) is 40.6 Å². The second-order valence-corrected chi connectivity index (χ2v) is 4.63. The van der Waals surface area contributed by atoms with E-state index in [1.165, 1.54) is 44.1 Å². The average Bonchev–Trinajstić information content (AvgIpc) is 2.89. The van der Waals surface area contributed by atoms with Crippen LogP contribution in [0.15, 0.2) is 30.3 Å². The second kappa shape index (κ2) is 6.24. The van der Waals surface area contributed by atoms with Gasteiger partial charge in [-0.2, -0.15) is 0 Å². The summed E-state index contributed by atoms with van der Waals surface area (Å²) in [6.45, 7) is 4.45. The predicted octanol–water partition coefficient (Wildman–Crippen LogP) is 2.44. The van der Waals surface area contributed by atoms with E-state index in [1.54, 1.807) is 0 Å². The van der Waals surface area contributed by atoms with Crippen molar-refractivity contribution in [3.8, 4) is 0 Å². The molecule has 0 aromatic heterocycles. The monoisotopic (exact) mass is 244 g/mol. The number of carbonyl (C=O) groups is 1. The van der Waals surface area contributed by atoms with Gasteiger partial charge in [0, 0.05) is 32.2 Å². The van der Waals surface area contributed by atoms with Crippen molar-refractivity contribution in [3.63, 3.8) is 0 Å². The Hall–Kier alpha value is -1.77. The number of benzene rings is 1. The van der Waals surface area contributed by atoms with E-state index in [0.717, 1.165) is 0 Å². The zero-order valence-corrected chi connectivity index (χ0v) is 10.9. The van der Waals surface area contributed by atoms with E-state index in [0.29, 0.717) is 6.54 Å². The molecule has 0 radical (unpaired) electrons. The fraction of sp³-hybridized carbons (Fsp3) is 0.400. The highest BCUT2D eigenvalue weighted by Crippen LogP contribution is 2.21. The first-order valence-corrected chi connectivity index (χ1v) is 6.52. The Morgan fingerprint density at radius 2 is 2.17 bits per heavy atom. The number of hydrogen-bond acceptors (Lipinski definition) is 2. The maximum Gasteiger partial charge on any atom is 0.217 e. The highest BCUT2D eigenvalue weighted by molar-refractivity contribution is 5.73. The molecule has 0 unspecified atom stereocenters. The molecule has 0 aliphatic carbocycles. The second-order valence-electron chi connectivity index (χ2n) is 4.63. The molecule has 1 aliphatic rings. The van der Waals surface area contributed by atoms with Gasteiger partial charge in [0.2, 0.25) is 5.91 Å². The van der Waals surface area contributed by atoms with Crippen molar-refractivity contribution in [2.24, 2.45) is 0 Å². The molecule has 0 atom stereocenters. The molecule has 1 aromatic carbocycles. The van der Waals surface area contributed by atoms with Crippen LogP contribution in [0.1, 0.15) is 25.3 Å². The first kappa shape index (κ1) is 12.7. The third kappa shape index (κ3) is 3.62. The number of hydrogen-bond donors (Lipinski definition) is 1. The van der Waals surface area contributed by atoms with Gasteiger partial charge in [-0.3, -0.25) is 4.79 Å². The highest BCUT2D eigenvalue weighted by Gasteiger charge is 2.11. The Morgan fingerprint density at radius 3 is 2.89 bits per heavy atom. The lowest BCUT2D eigenvalue weighted by atomic mass is 10.1. The van der Waals surface area contributed by atoms with Crippen molar-refractivity contribution in [3.05, 3.63) is 35.9 Å². The van der Waals surface area contributed by atoms with Gasteiger partial charge in [-0.05, 0) is 30.5 Å². The van der Waals surface area contributed by atoms with Crippen LogP contribution < -0.4 is 10.2 Å². The molecule has 1 heterocycles. The van der Waals surface area contributed by atoms with Gasteiger partial charge in [-0.1, -0.05) is 24.3 Å². The fourth-order valence-electron chi connectivity index (χ4n) is 2.20. The number of carbonyl (C=O) groups excluding carboxylic acids is 1. The molecule has 2 rings (SSSR count). The average molecular weight is 244 g/mol. The van der Waals surface area contributed by atoms with Crippen LogP contribution in [-0.2, 0) is 4.79 Å². The summed E-state index contributed by atoms with van der Waals surface area (Å²) in [5, 5.41) is 2.75. The summed E-state index contributed by atoms with van der Waals surface area (Å²) in [4.78, 5) is 13.2. The van der Waals surface area contributed by atoms with Crippen LogP contribution in [0.3, 0.4) is 0 Å². The molecule has 1 fully saturated rings. The standard InChI is InChI=1S/C15H20N2O/c1-13(18)16-9-5-7-14-6-4-8-15(12-14)17-10-2-3-11-17/h4-8,12H,2-3,9-11H2,1H3,(H,16,18). The molecule has 1 saturated heterocycles. The number of rotatable bonds is 4. The van der Waals surface area contributed by atoms with Gasteiger partial charge >= 0.3 is 0 Å². The van der Waals surface area contributed by atoms with Gasteiger partial charge in [0.25, 0.3) is 0 Å². The van der Waals surface area contributed by atoms with Crippen LogP contribution in [0.5, 0.6) is 0 Å². The Kier molecular flexibility index (Phi) is 4.40. The third-order valence-corrected chi connectivity index (χ3v) is 3.12. The van der Waals surface area contributed by atoms with E-state index in [9.17, 15) is 4.79 Å². The number of nitrogens with one attached hydrogen (secondary N) is 1. The molecular weight excluding hydrogens is 224 g/mol. The van der Waals surface area contributed by atoms with Crippen molar-refractivity contribution in [1.29, 1.82) is 0 Å². The van der Waals surface area contributed by atoms with Gasteiger partial charge in [-0.25, -0.2) is 0 Å². The molecule has 1 amide bonds. The maximum absolute atomic E-state index is 10.7. The zero-order valence-electron chi connectivity index (χ0n) is 10.9. The molecule has 96 valence electrons. The van der Waals surface area contributed by atoms with Crippen molar-refractivity contribution in [1.82, 2.24) is 5.32 Å². The van der Waals surface area contributed by atoms with Crippen LogP contribution in [0.2, 0.25) is 0 Å². The van der Waals surface area contributed by atoms with Gasteiger partial charge in [0.05, 0.1) is 0 Å². The maximum atomic E-state index is 10.7. The van der Waals surface area contributed by atoms with E-state index in [-0.39, 0.29) is 5.91 Å². The van der Waals surface area contributed by atoms with Crippen LogP contribution in [0.25, 0.3) is 6.08 Å². The smallest absolute Gasteiger partial charge is 0.217 e. The van der Waals surface area contributed by atoms with Crippen LogP contribution >= 0.6 is 0 Å². The first-order valence-electron chi connectivity index (χ1n) is 6.52. The molecule has 0 spiro atoms. The molecule has 0 saturated carbocycles. The zero-order chi connectivity index (χ0) is 12.8. The summed E-state index contributed by atoms with van der Waals surface area (Å²) in [6, 6.07) is 8.54. The normalized spacial score (nSPS) is 15.3. The fourth-order valence-corrected chi connectivity index (χ4v) is 2.20. The molecule has 0 bridgehead atoms. The molecule has 3 nitrogen and oxygen atoms in total. The Morgan fingerprint density at radius 1 is 1.39 bits per heavy atom. The van der Waals surface area contributed by atoms with Gasteiger partial charge in [0.15, 0.2) is 0 Å². The molecule has 1 N–H and O–H groups in total. The topological polar surface area (TPSA) is 32.3 Å². The minimum Gasteiger partial charge on any atom is -0.372 e. The Balaban J connectivity index is 1.96. The molecule has 18 heavy (non-hydrogen) atoms. The number of amides is 1. The largest absolute Gasteiger partial charge is 0.372 e. The van der Waals surface area contributed by atoms with E-state index < -0.39 is 0 Å². The van der Waals surface area contributed by atoms with Crippen LogP contribution in [0, 0.1) is 0 Å². The molecule has 1 aromatic rings. The van der Waals surface area contributed by atoms with E-state index in [4.69, 9.17) is 0 Å². The third-order valence-electron chi connectivity index (χ3n) is 3.12. The molecular formula is C15H20N2O. The Bertz CT molecular complexity index is 434. The van der Waals surface area contributed by atoms with E-state index >= 15 is 0 Å². The van der Waals surface area contributed by atoms with Crippen LogP contribution in [0.4, 0.5) is 5.69 Å². The van der Waals surface area contributed by atoms with E-state index in [1.807, 2.05) is 6.08 Å². The van der Waals surface area contributed by atoms with Gasteiger partial charge in [-0.15, -0.1) is 0 Å². The summed E-state index contributed by atoms with van der Waals surface area (Å²) < 4.78 is 0.